The van der Waals surface area contributed by atoms with Crippen molar-refractivity contribution in [3.63, 3.8) is 0 Å². The molecule has 10 heteroatoms. The van der Waals surface area contributed by atoms with Crippen LogP contribution in [0.15, 0.2) is 58.7 Å². The summed E-state index contributed by atoms with van der Waals surface area (Å²) in [6.07, 6.45) is 2.11. The highest BCUT2D eigenvalue weighted by Crippen LogP contribution is 2.33. The van der Waals surface area contributed by atoms with E-state index in [0.717, 1.165) is 34.7 Å². The van der Waals surface area contributed by atoms with Crippen molar-refractivity contribution in [1.82, 2.24) is 14.9 Å². The van der Waals surface area contributed by atoms with Crippen molar-refractivity contribution in [2.24, 2.45) is 4.99 Å². The molecule has 0 spiro atoms. The van der Waals surface area contributed by atoms with Crippen LogP contribution >= 0.6 is 11.8 Å². The number of carbonyl (C=O) groups excluding carboxylic acids is 1. The minimum absolute atomic E-state index is 0.00485. The third-order valence-electron chi connectivity index (χ3n) is 5.75. The van der Waals surface area contributed by atoms with Crippen molar-refractivity contribution in [3.05, 3.63) is 54.4 Å². The van der Waals surface area contributed by atoms with Crippen molar-refractivity contribution in [1.29, 1.82) is 0 Å². The first-order chi connectivity index (χ1) is 15.4. The van der Waals surface area contributed by atoms with E-state index in [2.05, 4.69) is 14.9 Å². The van der Waals surface area contributed by atoms with Crippen LogP contribution in [0, 0.1) is 0 Å². The topological polar surface area (TPSA) is 98.7 Å². The Morgan fingerprint density at radius 2 is 2.12 bits per heavy atom. The molecule has 3 aromatic rings. The average molecular weight is 470 g/mol. The molecular formula is C22H23N5O3S2. The number of hydrogen-bond acceptors (Lipinski definition) is 7. The summed E-state index contributed by atoms with van der Waals surface area (Å²) in [5.74, 6) is 0.307. The van der Waals surface area contributed by atoms with Crippen LogP contribution in [0.1, 0.15) is 12.1 Å². The van der Waals surface area contributed by atoms with E-state index >= 15 is 0 Å². The first-order valence-electron chi connectivity index (χ1n) is 10.4. The Balaban J connectivity index is 1.39. The van der Waals surface area contributed by atoms with E-state index in [1.165, 1.54) is 23.6 Å². The number of hydrogen-bond donors (Lipinski definition) is 1. The molecule has 0 bridgehead atoms. The lowest BCUT2D eigenvalue weighted by atomic mass is 10.2. The second-order valence-corrected chi connectivity index (χ2v) is 11.2. The molecule has 32 heavy (non-hydrogen) atoms. The average Bonchev–Trinajstić information content (AvgIpc) is 3.53. The minimum atomic E-state index is -3.79. The molecule has 1 atom stereocenters. The van der Waals surface area contributed by atoms with Crippen LogP contribution in [0.2, 0.25) is 0 Å². The van der Waals surface area contributed by atoms with Crippen LogP contribution in [-0.2, 0) is 14.8 Å². The highest BCUT2D eigenvalue weighted by Gasteiger charge is 2.28. The van der Waals surface area contributed by atoms with E-state index in [0.29, 0.717) is 36.2 Å². The number of aromatic nitrogens is 2. The fraction of sp³-hybridized carbons (Fsp3) is 0.318. The summed E-state index contributed by atoms with van der Waals surface area (Å²) in [4.78, 5) is 25.8. The van der Waals surface area contributed by atoms with Crippen LogP contribution < -0.4 is 4.31 Å². The minimum Gasteiger partial charge on any atom is -0.351 e. The number of benzene rings is 1. The number of H-pyrrole nitrogens is 1. The molecule has 1 fully saturated rings. The largest absolute Gasteiger partial charge is 0.351 e. The monoisotopic (exact) mass is 469 g/mol. The summed E-state index contributed by atoms with van der Waals surface area (Å²) < 4.78 is 27.4. The maximum Gasteiger partial charge on any atom is 0.281 e. The number of rotatable bonds is 6. The molecule has 2 aromatic heterocycles. The second-order valence-electron chi connectivity index (χ2n) is 7.97. The molecule has 2 aliphatic heterocycles. The molecule has 166 valence electrons. The number of para-hydroxylation sites is 1. The van der Waals surface area contributed by atoms with Crippen LogP contribution in [0.5, 0.6) is 0 Å². The van der Waals surface area contributed by atoms with E-state index < -0.39 is 10.0 Å². The molecule has 0 saturated carbocycles. The number of thioether (sulfide) groups is 1. The van der Waals surface area contributed by atoms with Gasteiger partial charge in [-0.05, 0) is 24.3 Å². The van der Waals surface area contributed by atoms with Crippen LogP contribution in [0.3, 0.4) is 0 Å². The SMILES string of the molecule is CN(c1cccc2cc(C3=NCC(CN4CCC(=O)C4)S3)[nH]c12)S(=O)(=O)c1ccccn1. The number of pyridine rings is 1. The van der Waals surface area contributed by atoms with Crippen molar-refractivity contribution < 1.29 is 13.2 Å². The molecule has 2 aliphatic rings. The Morgan fingerprint density at radius 1 is 1.25 bits per heavy atom. The van der Waals surface area contributed by atoms with Crippen molar-refractivity contribution in [3.8, 4) is 0 Å². The fourth-order valence-corrected chi connectivity index (χ4v) is 6.35. The Labute approximate surface area is 190 Å². The van der Waals surface area contributed by atoms with Gasteiger partial charge < -0.3 is 4.98 Å². The number of likely N-dealkylation sites (tertiary alicyclic amines) is 1. The van der Waals surface area contributed by atoms with Crippen molar-refractivity contribution in [2.45, 2.75) is 16.7 Å². The predicted molar refractivity (Wildman–Crippen MR) is 127 cm³/mol. The van der Waals surface area contributed by atoms with Gasteiger partial charge >= 0.3 is 0 Å². The standard InChI is InChI=1S/C22H23N5O3S2/c1-26(32(29,30)20-7-2-3-9-23-20)19-6-4-5-15-11-18(25-21(15)19)22-24-12-17(31-22)14-27-10-8-16(28)13-27/h2-7,9,11,17,25H,8,10,12-14H2,1H3. The Bertz CT molecular complexity index is 1300. The van der Waals surface area contributed by atoms with Gasteiger partial charge in [-0.25, -0.2) is 4.98 Å². The Kier molecular flexibility index (Phi) is 5.52. The van der Waals surface area contributed by atoms with E-state index in [-0.39, 0.29) is 5.03 Å². The molecule has 1 unspecified atom stereocenters. The summed E-state index contributed by atoms with van der Waals surface area (Å²) in [6, 6.07) is 12.4. The molecule has 1 N–H and O–H groups in total. The molecule has 1 aromatic carbocycles. The van der Waals surface area contributed by atoms with Gasteiger partial charge in [0.2, 0.25) is 0 Å². The van der Waals surface area contributed by atoms with Gasteiger partial charge in [0, 0.05) is 43.4 Å². The normalized spacial score (nSPS) is 19.6. The van der Waals surface area contributed by atoms with Gasteiger partial charge in [0.1, 0.15) is 10.8 Å². The van der Waals surface area contributed by atoms with E-state index in [1.54, 1.807) is 30.0 Å². The molecule has 5 rings (SSSR count). The highest BCUT2D eigenvalue weighted by atomic mass is 32.2. The number of Topliss-reactive ketones (excluding diaryl/α,β-unsaturated/α-hetero) is 1. The third kappa shape index (κ3) is 3.94. The maximum absolute atomic E-state index is 13.1. The molecule has 8 nitrogen and oxygen atoms in total. The van der Waals surface area contributed by atoms with Crippen molar-refractivity contribution >= 4 is 49.2 Å². The lowest BCUT2D eigenvalue weighted by Gasteiger charge is -2.19. The summed E-state index contributed by atoms with van der Waals surface area (Å²) >= 11 is 1.71. The van der Waals surface area contributed by atoms with Crippen LogP contribution in [-0.4, -0.2) is 72.6 Å². The number of ketones is 1. The summed E-state index contributed by atoms with van der Waals surface area (Å²) in [5, 5.41) is 2.15. The number of carbonyl (C=O) groups is 1. The zero-order valence-corrected chi connectivity index (χ0v) is 19.2. The predicted octanol–water partition coefficient (Wildman–Crippen LogP) is 2.52. The van der Waals surface area contributed by atoms with E-state index in [4.69, 9.17) is 4.99 Å². The molecule has 0 aliphatic carbocycles. The van der Waals surface area contributed by atoms with Gasteiger partial charge in [0.15, 0.2) is 5.03 Å². The fourth-order valence-electron chi connectivity index (χ4n) is 4.08. The number of fused-ring (bicyclic) bond motifs is 1. The number of aromatic amines is 1. The maximum atomic E-state index is 13.1. The zero-order valence-electron chi connectivity index (χ0n) is 17.6. The zero-order chi connectivity index (χ0) is 22.3. The quantitative estimate of drug-likeness (QED) is 0.596. The number of nitrogens with zero attached hydrogens (tertiary/aromatic N) is 4. The highest BCUT2D eigenvalue weighted by molar-refractivity contribution is 8.15. The molecule has 0 radical (unpaired) electrons. The molecule has 4 heterocycles. The molecule has 0 amide bonds. The third-order valence-corrected chi connectivity index (χ3v) is 8.64. The van der Waals surface area contributed by atoms with Gasteiger partial charge in [0.05, 0.1) is 30.0 Å². The number of anilines is 1. The number of aliphatic imine (C=N–C) groups is 1. The summed E-state index contributed by atoms with van der Waals surface area (Å²) in [5.41, 5.74) is 2.16. The van der Waals surface area contributed by atoms with Crippen LogP contribution in [0.4, 0.5) is 5.69 Å². The van der Waals surface area contributed by atoms with Gasteiger partial charge in [-0.3, -0.25) is 19.0 Å². The number of nitrogens with one attached hydrogen (secondary N) is 1. The van der Waals surface area contributed by atoms with Crippen LogP contribution in [0.25, 0.3) is 10.9 Å². The molecular weight excluding hydrogens is 446 g/mol. The van der Waals surface area contributed by atoms with E-state index in [1.807, 2.05) is 18.2 Å². The lowest BCUT2D eigenvalue weighted by molar-refractivity contribution is -0.116. The molecule has 1 saturated heterocycles. The first-order valence-corrected chi connectivity index (χ1v) is 12.7. The second kappa shape index (κ2) is 8.34. The Hall–Kier alpha value is -2.69. The van der Waals surface area contributed by atoms with Gasteiger partial charge in [-0.15, -0.1) is 0 Å². The summed E-state index contributed by atoms with van der Waals surface area (Å²) in [6.45, 7) is 2.93. The van der Waals surface area contributed by atoms with Gasteiger partial charge in [-0.2, -0.15) is 8.42 Å². The first kappa shape index (κ1) is 21.2. The number of sulfonamides is 1. The lowest BCUT2D eigenvalue weighted by Crippen LogP contribution is -2.29. The van der Waals surface area contributed by atoms with E-state index in [9.17, 15) is 13.2 Å². The smallest absolute Gasteiger partial charge is 0.281 e. The Morgan fingerprint density at radius 3 is 2.88 bits per heavy atom. The van der Waals surface area contributed by atoms with Gasteiger partial charge in [-0.1, -0.05) is 30.0 Å². The summed E-state index contributed by atoms with van der Waals surface area (Å²) in [7, 11) is -2.25. The van der Waals surface area contributed by atoms with Gasteiger partial charge in [0.25, 0.3) is 10.0 Å². The van der Waals surface area contributed by atoms with Crippen molar-refractivity contribution in [2.75, 3.05) is 37.5 Å².